The minimum atomic E-state index is -0.0457. The van der Waals surface area contributed by atoms with E-state index in [0.717, 1.165) is 47.0 Å². The molecule has 2 rings (SSSR count). The van der Waals surface area contributed by atoms with Crippen LogP contribution in [0.4, 0.5) is 0 Å². The average Bonchev–Trinajstić information content (AvgIpc) is 3.45. The van der Waals surface area contributed by atoms with Crippen molar-refractivity contribution in [3.63, 3.8) is 0 Å². The van der Waals surface area contributed by atoms with Gasteiger partial charge in [0.1, 0.15) is 12.4 Å². The fourth-order valence-corrected chi connectivity index (χ4v) is 2.74. The summed E-state index contributed by atoms with van der Waals surface area (Å²) in [5.41, 5.74) is 9.13. The summed E-state index contributed by atoms with van der Waals surface area (Å²) in [5, 5.41) is 4.85. The standard InChI is InChI=1S/C21H28Cl2N2O/c1-4-5-6-7-18(22)15(3)25-20(21(24)16-9-10-16)13-26-17-11-8-14(2)19(23)12-17/h5-8,11-12,15-16,25H,4,9-10,13,24H2,1-3H3/b6-5-,18-7+,21-20-. The summed E-state index contributed by atoms with van der Waals surface area (Å²) >= 11 is 12.6. The summed E-state index contributed by atoms with van der Waals surface area (Å²) in [6, 6.07) is 5.64. The Morgan fingerprint density at radius 1 is 1.42 bits per heavy atom. The second kappa shape index (κ2) is 9.94. The Morgan fingerprint density at radius 3 is 2.77 bits per heavy atom. The third kappa shape index (κ3) is 6.30. The molecule has 0 spiro atoms. The Morgan fingerprint density at radius 2 is 2.15 bits per heavy atom. The smallest absolute Gasteiger partial charge is 0.129 e. The first-order valence-electron chi connectivity index (χ1n) is 9.08. The lowest BCUT2D eigenvalue weighted by atomic mass is 10.2. The highest BCUT2D eigenvalue weighted by Crippen LogP contribution is 2.35. The molecule has 1 unspecified atom stereocenters. The number of nitrogens with two attached hydrogens (primary N) is 1. The van der Waals surface area contributed by atoms with Crippen LogP contribution in [0.25, 0.3) is 0 Å². The van der Waals surface area contributed by atoms with Crippen molar-refractivity contribution in [3.8, 4) is 5.75 Å². The van der Waals surface area contributed by atoms with Crippen LogP contribution in [0.3, 0.4) is 0 Å². The van der Waals surface area contributed by atoms with E-state index in [0.29, 0.717) is 17.5 Å². The number of allylic oxidation sites excluding steroid dienone is 4. The monoisotopic (exact) mass is 394 g/mol. The van der Waals surface area contributed by atoms with Crippen LogP contribution in [-0.2, 0) is 0 Å². The van der Waals surface area contributed by atoms with Gasteiger partial charge in [-0.05, 0) is 56.9 Å². The van der Waals surface area contributed by atoms with Crippen molar-refractivity contribution in [3.05, 3.63) is 63.4 Å². The number of hydrogen-bond donors (Lipinski definition) is 2. The Bertz CT molecular complexity index is 706. The molecule has 1 aliphatic rings. The molecule has 1 saturated carbocycles. The Hall–Kier alpha value is -1.58. The molecule has 0 radical (unpaired) electrons. The van der Waals surface area contributed by atoms with Crippen molar-refractivity contribution in [1.29, 1.82) is 0 Å². The van der Waals surface area contributed by atoms with Crippen molar-refractivity contribution >= 4 is 23.2 Å². The van der Waals surface area contributed by atoms with E-state index in [4.69, 9.17) is 33.7 Å². The second-order valence-corrected chi connectivity index (χ2v) is 7.51. The number of hydrogen-bond acceptors (Lipinski definition) is 3. The molecule has 142 valence electrons. The molecule has 5 heteroatoms. The van der Waals surface area contributed by atoms with Gasteiger partial charge in [-0.3, -0.25) is 0 Å². The lowest BCUT2D eigenvalue weighted by molar-refractivity contribution is 0.337. The molecule has 0 aromatic heterocycles. The van der Waals surface area contributed by atoms with Gasteiger partial charge in [0.05, 0.1) is 11.7 Å². The molecular weight excluding hydrogens is 367 g/mol. The molecule has 0 amide bonds. The number of aryl methyl sites for hydroxylation is 1. The van der Waals surface area contributed by atoms with Gasteiger partial charge in [-0.15, -0.1) is 0 Å². The van der Waals surface area contributed by atoms with Crippen molar-refractivity contribution in [1.82, 2.24) is 5.32 Å². The molecule has 1 aliphatic carbocycles. The highest BCUT2D eigenvalue weighted by atomic mass is 35.5. The molecule has 1 fully saturated rings. The second-order valence-electron chi connectivity index (χ2n) is 6.66. The molecule has 3 N–H and O–H groups in total. The third-order valence-corrected chi connectivity index (χ3v) is 5.18. The zero-order valence-corrected chi connectivity index (χ0v) is 17.2. The van der Waals surface area contributed by atoms with Gasteiger partial charge in [-0.2, -0.15) is 0 Å². The average molecular weight is 395 g/mol. The van der Waals surface area contributed by atoms with Gasteiger partial charge >= 0.3 is 0 Å². The Labute approximate surface area is 166 Å². The number of halogens is 2. The summed E-state index contributed by atoms with van der Waals surface area (Å²) < 4.78 is 5.92. The largest absolute Gasteiger partial charge is 0.487 e. The molecule has 3 nitrogen and oxygen atoms in total. The van der Waals surface area contributed by atoms with E-state index in [-0.39, 0.29) is 6.04 Å². The summed E-state index contributed by atoms with van der Waals surface area (Å²) in [7, 11) is 0. The number of benzene rings is 1. The molecule has 26 heavy (non-hydrogen) atoms. The predicted molar refractivity (Wildman–Crippen MR) is 112 cm³/mol. The van der Waals surface area contributed by atoms with E-state index in [1.807, 2.05) is 44.2 Å². The normalized spacial score (nSPS) is 17.2. The lowest BCUT2D eigenvalue weighted by Crippen LogP contribution is -2.31. The van der Waals surface area contributed by atoms with Gasteiger partial charge in [0, 0.05) is 21.7 Å². The van der Waals surface area contributed by atoms with E-state index < -0.39 is 0 Å². The van der Waals surface area contributed by atoms with E-state index in [1.165, 1.54) is 0 Å². The van der Waals surface area contributed by atoms with Crippen molar-refractivity contribution in [2.24, 2.45) is 11.7 Å². The van der Waals surface area contributed by atoms with Crippen LogP contribution in [-0.4, -0.2) is 12.6 Å². The molecule has 1 aromatic rings. The van der Waals surface area contributed by atoms with Crippen LogP contribution < -0.4 is 15.8 Å². The van der Waals surface area contributed by atoms with Gasteiger partial charge in [0.15, 0.2) is 0 Å². The van der Waals surface area contributed by atoms with E-state index >= 15 is 0 Å². The molecule has 0 heterocycles. The lowest BCUT2D eigenvalue weighted by Gasteiger charge is -2.20. The maximum Gasteiger partial charge on any atom is 0.129 e. The highest BCUT2D eigenvalue weighted by Gasteiger charge is 2.27. The zero-order chi connectivity index (χ0) is 19.1. The quantitative estimate of drug-likeness (QED) is 0.529. The first-order chi connectivity index (χ1) is 12.4. The third-order valence-electron chi connectivity index (χ3n) is 4.32. The van der Waals surface area contributed by atoms with Crippen LogP contribution in [0.1, 0.15) is 38.7 Å². The number of rotatable bonds is 9. The van der Waals surface area contributed by atoms with Gasteiger partial charge in [-0.1, -0.05) is 48.3 Å². The minimum Gasteiger partial charge on any atom is -0.487 e. The number of nitrogens with one attached hydrogen (secondary N) is 1. The summed E-state index contributed by atoms with van der Waals surface area (Å²) in [6.07, 6.45) is 9.19. The van der Waals surface area contributed by atoms with Gasteiger partial charge in [-0.25, -0.2) is 0 Å². The van der Waals surface area contributed by atoms with Crippen molar-refractivity contribution in [2.75, 3.05) is 6.61 Å². The minimum absolute atomic E-state index is 0.0457. The van der Waals surface area contributed by atoms with Crippen LogP contribution in [0.5, 0.6) is 5.75 Å². The summed E-state index contributed by atoms with van der Waals surface area (Å²) in [6.45, 7) is 6.43. The highest BCUT2D eigenvalue weighted by molar-refractivity contribution is 6.31. The fraction of sp³-hybridized carbons (Fsp3) is 0.429. The van der Waals surface area contributed by atoms with Gasteiger partial charge in [0.25, 0.3) is 0 Å². The van der Waals surface area contributed by atoms with E-state index in [1.54, 1.807) is 0 Å². The van der Waals surface area contributed by atoms with E-state index in [2.05, 4.69) is 18.3 Å². The molecule has 1 aromatic carbocycles. The molecule has 0 saturated heterocycles. The van der Waals surface area contributed by atoms with Crippen LogP contribution in [0.15, 0.2) is 52.9 Å². The predicted octanol–water partition coefficient (Wildman–Crippen LogP) is 5.67. The topological polar surface area (TPSA) is 47.3 Å². The van der Waals surface area contributed by atoms with Gasteiger partial charge in [0.2, 0.25) is 0 Å². The van der Waals surface area contributed by atoms with Gasteiger partial charge < -0.3 is 15.8 Å². The molecular formula is C21H28Cl2N2O. The maximum atomic E-state index is 6.39. The summed E-state index contributed by atoms with van der Waals surface area (Å²) in [4.78, 5) is 0. The zero-order valence-electron chi connectivity index (χ0n) is 15.7. The first-order valence-corrected chi connectivity index (χ1v) is 9.84. The van der Waals surface area contributed by atoms with Crippen molar-refractivity contribution < 1.29 is 4.74 Å². The molecule has 0 bridgehead atoms. The SMILES string of the molecule is CC/C=C\C=C(\Cl)C(C)N/C(COc1ccc(C)c(Cl)c1)=C(\N)C1CC1. The first kappa shape index (κ1) is 20.7. The van der Waals surface area contributed by atoms with E-state index in [9.17, 15) is 0 Å². The van der Waals surface area contributed by atoms with Crippen LogP contribution in [0, 0.1) is 12.8 Å². The summed E-state index contributed by atoms with van der Waals surface area (Å²) in [5.74, 6) is 1.17. The number of ether oxygens (including phenoxy) is 1. The van der Waals surface area contributed by atoms with Crippen LogP contribution >= 0.6 is 23.2 Å². The fourth-order valence-electron chi connectivity index (χ4n) is 2.44. The molecule has 1 atom stereocenters. The maximum absolute atomic E-state index is 6.39. The van der Waals surface area contributed by atoms with Crippen molar-refractivity contribution in [2.45, 2.75) is 46.1 Å². The van der Waals surface area contributed by atoms with Crippen LogP contribution in [0.2, 0.25) is 5.02 Å². The molecule has 0 aliphatic heterocycles. The Balaban J connectivity index is 2.07. The Kier molecular flexibility index (Phi) is 7.92.